The summed E-state index contributed by atoms with van der Waals surface area (Å²) in [6.07, 6.45) is 1.72. The van der Waals surface area contributed by atoms with E-state index in [-0.39, 0.29) is 5.66 Å². The first-order chi connectivity index (χ1) is 9.18. The smallest absolute Gasteiger partial charge is 0.308 e. The van der Waals surface area contributed by atoms with Crippen molar-refractivity contribution in [2.75, 3.05) is 18.5 Å². The van der Waals surface area contributed by atoms with E-state index in [1.54, 1.807) is 0 Å². The highest BCUT2D eigenvalue weighted by atomic mass is 79.9. The van der Waals surface area contributed by atoms with Gasteiger partial charge in [0.25, 0.3) is 0 Å². The Labute approximate surface area is 124 Å². The van der Waals surface area contributed by atoms with E-state index >= 15 is 0 Å². The van der Waals surface area contributed by atoms with E-state index in [4.69, 9.17) is 9.05 Å². The van der Waals surface area contributed by atoms with Gasteiger partial charge in [-0.2, -0.15) is 0 Å². The van der Waals surface area contributed by atoms with Gasteiger partial charge >= 0.3 is 7.60 Å². The first-order valence-electron chi connectivity index (χ1n) is 6.67. The quantitative estimate of drug-likeness (QED) is 0.456. The molecule has 0 saturated carbocycles. The molecule has 5 heteroatoms. The molecule has 0 bridgehead atoms. The summed E-state index contributed by atoms with van der Waals surface area (Å²) < 4.78 is 24.0. The third-order valence-corrected chi connectivity index (χ3v) is 5.91. The van der Waals surface area contributed by atoms with Gasteiger partial charge in [0.15, 0.2) is 0 Å². The van der Waals surface area contributed by atoms with Crippen LogP contribution in [0.15, 0.2) is 30.3 Å². The molecule has 1 aromatic carbocycles. The molecule has 0 spiro atoms. The molecule has 0 amide bonds. The molecular weight excluding hydrogens is 327 g/mol. The predicted molar refractivity (Wildman–Crippen MR) is 83.1 cm³/mol. The molecule has 3 nitrogen and oxygen atoms in total. The molecule has 0 radical (unpaired) electrons. The van der Waals surface area contributed by atoms with Crippen molar-refractivity contribution >= 4 is 23.5 Å². The first-order valence-corrected chi connectivity index (χ1v) is 9.41. The molecule has 0 aliphatic carbocycles. The standard InChI is InChI=1S/C14H22BrO3P/c1-3-17-19(16,18-4-2)14(11-8-12-15)13-9-6-5-7-10-13/h5-7,9-10,14H,3-4,8,11-12H2,1-2H3/t14-/m1/s1. The second kappa shape index (κ2) is 8.91. The minimum absolute atomic E-state index is 0.189. The summed E-state index contributed by atoms with van der Waals surface area (Å²) >= 11 is 3.42. The lowest BCUT2D eigenvalue weighted by Gasteiger charge is -2.26. The van der Waals surface area contributed by atoms with Crippen LogP contribution in [-0.2, 0) is 13.6 Å². The summed E-state index contributed by atoms with van der Waals surface area (Å²) in [5.41, 5.74) is 0.833. The van der Waals surface area contributed by atoms with Crippen LogP contribution in [0.4, 0.5) is 0 Å². The number of rotatable bonds is 9. The number of hydrogen-bond acceptors (Lipinski definition) is 3. The third-order valence-electron chi connectivity index (χ3n) is 2.80. The largest absolute Gasteiger partial charge is 0.338 e. The Morgan fingerprint density at radius 3 is 2.21 bits per heavy atom. The van der Waals surface area contributed by atoms with Gasteiger partial charge in [-0.15, -0.1) is 0 Å². The Bertz CT molecular complexity index is 387. The maximum atomic E-state index is 13.0. The minimum Gasteiger partial charge on any atom is -0.308 e. The van der Waals surface area contributed by atoms with E-state index in [1.165, 1.54) is 0 Å². The first kappa shape index (κ1) is 16.9. The lowest BCUT2D eigenvalue weighted by atomic mass is 10.1. The second-order valence-electron chi connectivity index (χ2n) is 4.13. The highest BCUT2D eigenvalue weighted by Gasteiger charge is 2.36. The zero-order valence-corrected chi connectivity index (χ0v) is 14.0. The Balaban J connectivity index is 3.03. The average Bonchev–Trinajstić information content (AvgIpc) is 2.41. The molecule has 0 N–H and O–H groups in total. The SMILES string of the molecule is CCOP(=O)(OCC)[C@H](CCCBr)c1ccccc1. The van der Waals surface area contributed by atoms with Gasteiger partial charge < -0.3 is 9.05 Å². The third kappa shape index (κ3) is 5.03. The Morgan fingerprint density at radius 1 is 1.16 bits per heavy atom. The van der Waals surface area contributed by atoms with E-state index in [9.17, 15) is 4.57 Å². The van der Waals surface area contributed by atoms with Crippen molar-refractivity contribution in [1.82, 2.24) is 0 Å². The van der Waals surface area contributed by atoms with Crippen molar-refractivity contribution in [3.8, 4) is 0 Å². The summed E-state index contributed by atoms with van der Waals surface area (Å²) in [6, 6.07) is 9.85. The summed E-state index contributed by atoms with van der Waals surface area (Å²) in [5, 5.41) is 0.884. The molecular formula is C14H22BrO3P. The van der Waals surface area contributed by atoms with Crippen LogP contribution in [0.25, 0.3) is 0 Å². The molecule has 0 aliphatic rings. The summed E-state index contributed by atoms with van der Waals surface area (Å²) in [5.74, 6) is 0. The zero-order chi connectivity index (χ0) is 14.1. The molecule has 19 heavy (non-hydrogen) atoms. The van der Waals surface area contributed by atoms with Crippen molar-refractivity contribution in [2.45, 2.75) is 32.3 Å². The van der Waals surface area contributed by atoms with Crippen molar-refractivity contribution in [2.24, 2.45) is 0 Å². The van der Waals surface area contributed by atoms with E-state index in [0.717, 1.165) is 23.7 Å². The molecule has 1 atom stereocenters. The number of halogens is 1. The molecule has 0 saturated heterocycles. The highest BCUT2D eigenvalue weighted by molar-refractivity contribution is 9.09. The Kier molecular flexibility index (Phi) is 7.93. The second-order valence-corrected chi connectivity index (χ2v) is 7.15. The van der Waals surface area contributed by atoms with Crippen LogP contribution in [0.1, 0.15) is 37.9 Å². The molecule has 108 valence electrons. The van der Waals surface area contributed by atoms with E-state index in [1.807, 2.05) is 44.2 Å². The fraction of sp³-hybridized carbons (Fsp3) is 0.571. The van der Waals surface area contributed by atoms with Crippen molar-refractivity contribution in [3.63, 3.8) is 0 Å². The van der Waals surface area contributed by atoms with Gasteiger partial charge in [-0.05, 0) is 32.3 Å². The summed E-state index contributed by atoms with van der Waals surface area (Å²) in [4.78, 5) is 0. The van der Waals surface area contributed by atoms with Crippen LogP contribution in [0.3, 0.4) is 0 Å². The molecule has 0 heterocycles. The minimum atomic E-state index is -3.10. The molecule has 0 aliphatic heterocycles. The molecule has 1 rings (SSSR count). The van der Waals surface area contributed by atoms with Crippen LogP contribution in [-0.4, -0.2) is 18.5 Å². The number of hydrogen-bond donors (Lipinski definition) is 0. The fourth-order valence-electron chi connectivity index (χ4n) is 2.03. The predicted octanol–water partition coefficient (Wildman–Crippen LogP) is 5.17. The topological polar surface area (TPSA) is 35.5 Å². The molecule has 0 aromatic heterocycles. The van der Waals surface area contributed by atoms with Crippen LogP contribution in [0.5, 0.6) is 0 Å². The number of alkyl halides is 1. The van der Waals surface area contributed by atoms with Crippen LogP contribution in [0, 0.1) is 0 Å². The Morgan fingerprint density at radius 2 is 1.74 bits per heavy atom. The molecule has 0 fully saturated rings. The normalized spacial score (nSPS) is 13.4. The highest BCUT2D eigenvalue weighted by Crippen LogP contribution is 2.62. The van der Waals surface area contributed by atoms with Gasteiger partial charge in [0.2, 0.25) is 0 Å². The fourth-order valence-corrected chi connectivity index (χ4v) is 4.54. The van der Waals surface area contributed by atoms with Crippen molar-refractivity contribution in [1.29, 1.82) is 0 Å². The molecule has 1 aromatic rings. The van der Waals surface area contributed by atoms with E-state index in [0.29, 0.717) is 13.2 Å². The van der Waals surface area contributed by atoms with Gasteiger partial charge in [0.1, 0.15) is 0 Å². The summed E-state index contributed by atoms with van der Waals surface area (Å²) in [7, 11) is -3.10. The van der Waals surface area contributed by atoms with Gasteiger partial charge in [-0.25, -0.2) is 0 Å². The summed E-state index contributed by atoms with van der Waals surface area (Å²) in [6.45, 7) is 4.49. The van der Waals surface area contributed by atoms with Crippen molar-refractivity contribution < 1.29 is 13.6 Å². The van der Waals surface area contributed by atoms with Crippen molar-refractivity contribution in [3.05, 3.63) is 35.9 Å². The maximum Gasteiger partial charge on any atom is 0.338 e. The van der Waals surface area contributed by atoms with Gasteiger partial charge in [0.05, 0.1) is 18.9 Å². The van der Waals surface area contributed by atoms with Gasteiger partial charge in [-0.3, -0.25) is 4.57 Å². The maximum absolute atomic E-state index is 13.0. The van der Waals surface area contributed by atoms with Gasteiger partial charge in [-0.1, -0.05) is 46.3 Å². The lowest BCUT2D eigenvalue weighted by Crippen LogP contribution is -2.07. The monoisotopic (exact) mass is 348 g/mol. The lowest BCUT2D eigenvalue weighted by molar-refractivity contribution is 0.210. The number of benzene rings is 1. The Hall–Kier alpha value is -0.150. The van der Waals surface area contributed by atoms with E-state index in [2.05, 4.69) is 15.9 Å². The van der Waals surface area contributed by atoms with Gasteiger partial charge in [0, 0.05) is 5.33 Å². The van der Waals surface area contributed by atoms with Crippen LogP contribution in [0.2, 0.25) is 0 Å². The van der Waals surface area contributed by atoms with Crippen LogP contribution >= 0.6 is 23.5 Å². The zero-order valence-electron chi connectivity index (χ0n) is 11.5. The van der Waals surface area contributed by atoms with Crippen LogP contribution < -0.4 is 0 Å². The molecule has 0 unspecified atom stereocenters. The average molecular weight is 349 g/mol. The van der Waals surface area contributed by atoms with E-state index < -0.39 is 7.60 Å².